The Morgan fingerprint density at radius 2 is 0.804 bits per heavy atom. The molecule has 1 nitrogen and oxygen atoms in total. The van der Waals surface area contributed by atoms with Crippen LogP contribution in [0.1, 0.15) is 31.9 Å². The molecule has 0 aliphatic heterocycles. The SMILES string of the molecule is CC(C)(C)[Si](OCc1ccc(CP(Br)(c2ccccc2)(c2ccccc2)c2ccccc2)cc1)(c1ccccc1)c1ccccc1. The van der Waals surface area contributed by atoms with Crippen molar-refractivity contribution >= 4 is 55.4 Å². The van der Waals surface area contributed by atoms with Gasteiger partial charge in [0, 0.05) is 0 Å². The third-order valence-corrected chi connectivity index (χ3v) is 23.8. The maximum absolute atomic E-state index is 7.26. The molecule has 6 aromatic carbocycles. The first-order valence-corrected chi connectivity index (χ1v) is 22.3. The Kier molecular flexibility index (Phi) is 9.32. The molecule has 0 atom stereocenters. The first-order chi connectivity index (χ1) is 22.3. The normalized spacial score (nSPS) is 13.1. The summed E-state index contributed by atoms with van der Waals surface area (Å²) in [4.78, 5) is 0. The van der Waals surface area contributed by atoms with E-state index in [4.69, 9.17) is 4.43 Å². The maximum atomic E-state index is 7.26. The van der Waals surface area contributed by atoms with Gasteiger partial charge in [-0.3, -0.25) is 0 Å². The van der Waals surface area contributed by atoms with Crippen molar-refractivity contribution in [1.29, 1.82) is 0 Å². The van der Waals surface area contributed by atoms with E-state index in [9.17, 15) is 0 Å². The third-order valence-electron chi connectivity index (χ3n) is 9.26. The number of halogens is 1. The Morgan fingerprint density at radius 1 is 0.478 bits per heavy atom. The van der Waals surface area contributed by atoms with Crippen LogP contribution in [0.25, 0.3) is 0 Å². The third kappa shape index (κ3) is 5.87. The predicted molar refractivity (Wildman–Crippen MR) is 207 cm³/mol. The molecule has 0 radical (unpaired) electrons. The molecule has 0 saturated carbocycles. The first-order valence-electron chi connectivity index (χ1n) is 16.0. The molecule has 0 spiro atoms. The molecule has 0 heterocycles. The van der Waals surface area contributed by atoms with Crippen LogP contribution in [-0.4, -0.2) is 8.32 Å². The van der Waals surface area contributed by atoms with Crippen molar-refractivity contribution < 1.29 is 4.43 Å². The summed E-state index contributed by atoms with van der Waals surface area (Å²) >= 11 is 4.61. The van der Waals surface area contributed by atoms with Crippen molar-refractivity contribution in [2.24, 2.45) is 0 Å². The van der Waals surface area contributed by atoms with Crippen molar-refractivity contribution in [3.63, 3.8) is 0 Å². The van der Waals surface area contributed by atoms with Crippen LogP contribution in [0.5, 0.6) is 0 Å². The van der Waals surface area contributed by atoms with Crippen molar-refractivity contribution in [2.45, 2.75) is 38.6 Å². The summed E-state index contributed by atoms with van der Waals surface area (Å²) in [5.74, 6) is 0. The summed E-state index contributed by atoms with van der Waals surface area (Å²) in [5.41, 5.74) is 2.48. The van der Waals surface area contributed by atoms with E-state index in [0.717, 1.165) is 6.16 Å². The minimum absolute atomic E-state index is 0.0656. The second-order valence-corrected chi connectivity index (χ2v) is 26.3. The van der Waals surface area contributed by atoms with Gasteiger partial charge < -0.3 is 0 Å². The van der Waals surface area contributed by atoms with Crippen LogP contribution < -0.4 is 26.3 Å². The molecule has 0 saturated heterocycles. The van der Waals surface area contributed by atoms with Gasteiger partial charge in [0.25, 0.3) is 0 Å². The van der Waals surface area contributed by atoms with E-state index in [2.05, 4.69) is 212 Å². The van der Waals surface area contributed by atoms with Gasteiger partial charge in [0.2, 0.25) is 0 Å². The van der Waals surface area contributed by atoms with Crippen molar-refractivity contribution in [2.75, 3.05) is 0 Å². The summed E-state index contributed by atoms with van der Waals surface area (Å²) in [5, 5.41) is 3.43. The summed E-state index contributed by atoms with van der Waals surface area (Å²) in [6.45, 7) is 7.55. The minimum atomic E-state index is -3.08. The van der Waals surface area contributed by atoms with Gasteiger partial charge in [-0.15, -0.1) is 0 Å². The molecule has 0 N–H and O–H groups in total. The van der Waals surface area contributed by atoms with Crippen LogP contribution in [0, 0.1) is 0 Å². The molecule has 0 aromatic heterocycles. The van der Waals surface area contributed by atoms with Crippen molar-refractivity contribution in [3.05, 3.63) is 187 Å². The zero-order chi connectivity index (χ0) is 32.1. The molecule has 6 aromatic rings. The Bertz CT molecular complexity index is 1700. The quantitative estimate of drug-likeness (QED) is 0.102. The van der Waals surface area contributed by atoms with Gasteiger partial charge in [-0.1, -0.05) is 0 Å². The van der Waals surface area contributed by atoms with E-state index in [0.29, 0.717) is 6.61 Å². The molecular weight excluding hydrogens is 659 g/mol. The van der Waals surface area contributed by atoms with E-state index in [-0.39, 0.29) is 5.04 Å². The van der Waals surface area contributed by atoms with Crippen LogP contribution in [0.15, 0.2) is 176 Å². The number of rotatable bonds is 10. The zero-order valence-corrected chi connectivity index (χ0v) is 30.4. The topological polar surface area (TPSA) is 9.23 Å². The Balaban J connectivity index is 1.39. The molecule has 46 heavy (non-hydrogen) atoms. The van der Waals surface area contributed by atoms with Crippen LogP contribution in [-0.2, 0) is 17.2 Å². The van der Waals surface area contributed by atoms with E-state index in [1.165, 1.54) is 37.4 Å². The Hall–Kier alpha value is -3.59. The molecular formula is C42H42BrOPSi. The van der Waals surface area contributed by atoms with Gasteiger partial charge in [-0.2, -0.15) is 0 Å². The van der Waals surface area contributed by atoms with Gasteiger partial charge in [-0.05, 0) is 0 Å². The van der Waals surface area contributed by atoms with Crippen molar-refractivity contribution in [3.8, 4) is 0 Å². The summed E-state index contributed by atoms with van der Waals surface area (Å²) in [6, 6.07) is 63.9. The van der Waals surface area contributed by atoms with Gasteiger partial charge in [0.05, 0.1) is 0 Å². The van der Waals surface area contributed by atoms with E-state index < -0.39 is 13.6 Å². The van der Waals surface area contributed by atoms with Gasteiger partial charge in [0.1, 0.15) is 0 Å². The van der Waals surface area contributed by atoms with Gasteiger partial charge in [-0.25, -0.2) is 0 Å². The predicted octanol–water partition coefficient (Wildman–Crippen LogP) is 9.10. The van der Waals surface area contributed by atoms with E-state index >= 15 is 0 Å². The molecule has 0 bridgehead atoms. The Labute approximate surface area is 284 Å². The molecule has 0 unspecified atom stereocenters. The molecule has 232 valence electrons. The van der Waals surface area contributed by atoms with Crippen LogP contribution in [0.3, 0.4) is 0 Å². The summed E-state index contributed by atoms with van der Waals surface area (Å²) in [7, 11) is -2.63. The number of hydrogen-bond donors (Lipinski definition) is 0. The first kappa shape index (κ1) is 32.4. The average molecular weight is 702 g/mol. The molecule has 0 amide bonds. The summed E-state index contributed by atoms with van der Waals surface area (Å²) in [6.07, 6.45) is 0.861. The van der Waals surface area contributed by atoms with E-state index in [1.807, 2.05) is 0 Å². The van der Waals surface area contributed by atoms with Crippen LogP contribution in [0.2, 0.25) is 5.04 Å². The molecule has 0 fully saturated rings. The zero-order valence-electron chi connectivity index (χ0n) is 26.9. The van der Waals surface area contributed by atoms with E-state index in [1.54, 1.807) is 0 Å². The fourth-order valence-electron chi connectivity index (χ4n) is 6.97. The number of hydrogen-bond acceptors (Lipinski definition) is 1. The fourth-order valence-corrected chi connectivity index (χ4v) is 19.2. The molecule has 6 rings (SSSR count). The summed E-state index contributed by atoms with van der Waals surface area (Å²) < 4.78 is 7.26. The Morgan fingerprint density at radius 3 is 1.15 bits per heavy atom. The monoisotopic (exact) mass is 700 g/mol. The molecule has 0 aliphatic rings. The average Bonchev–Trinajstić information content (AvgIpc) is 3.11. The fraction of sp³-hybridized carbons (Fsp3) is 0.143. The van der Waals surface area contributed by atoms with Gasteiger partial charge in [0.15, 0.2) is 0 Å². The van der Waals surface area contributed by atoms with Crippen molar-refractivity contribution in [1.82, 2.24) is 0 Å². The number of benzene rings is 6. The van der Waals surface area contributed by atoms with Crippen LogP contribution >= 0.6 is 20.8 Å². The van der Waals surface area contributed by atoms with Gasteiger partial charge >= 0.3 is 285 Å². The molecule has 4 heteroatoms. The second-order valence-electron chi connectivity index (χ2n) is 13.1. The van der Waals surface area contributed by atoms with Crippen LogP contribution in [0.4, 0.5) is 0 Å². The standard InChI is InChI=1S/C42H42BrOPSi/c1-42(2,3)46(40-25-15-7-16-26-40,41-27-17-8-18-28-41)44-33-35-29-31-36(32-30-35)34-45(43,37-19-9-4-10-20-37,38-21-11-5-12-22-38)39-23-13-6-14-24-39/h4-32H,33-34H2,1-3H3. The second kappa shape index (κ2) is 13.3. The molecule has 0 aliphatic carbocycles.